The van der Waals surface area contributed by atoms with Gasteiger partial charge < -0.3 is 9.64 Å². The van der Waals surface area contributed by atoms with E-state index in [1.807, 2.05) is 21.6 Å². The fraction of sp³-hybridized carbons (Fsp3) is 0.857. The van der Waals surface area contributed by atoms with Crippen molar-refractivity contribution in [3.05, 3.63) is 12.2 Å². The number of hydrogen-bond donors (Lipinski definition) is 0. The molecule has 0 unspecified atom stereocenters. The minimum Gasteiger partial charge on any atom is -0.466 e. The Morgan fingerprint density at radius 3 is 2.38 bits per heavy atom. The number of allylic oxidation sites excluding steroid dienone is 2. The molecule has 0 heterocycles. The van der Waals surface area contributed by atoms with Crippen molar-refractivity contribution in [3.8, 4) is 0 Å². The quantitative estimate of drug-likeness (QED) is 0.109. The fourth-order valence-electron chi connectivity index (χ4n) is 2.40. The average molecular weight is 404 g/mol. The van der Waals surface area contributed by atoms with Crippen LogP contribution in [-0.4, -0.2) is 49.6 Å². The SMILES string of the molecule is CCCCCCC/C=C\CCSSCCCC(=O)OCCCCN(C)C. The minimum atomic E-state index is -0.0395. The van der Waals surface area contributed by atoms with E-state index in [9.17, 15) is 4.79 Å². The third-order valence-electron chi connectivity index (χ3n) is 3.96. The van der Waals surface area contributed by atoms with Crippen molar-refractivity contribution in [3.63, 3.8) is 0 Å². The van der Waals surface area contributed by atoms with Crippen molar-refractivity contribution in [1.29, 1.82) is 0 Å². The first-order valence-electron chi connectivity index (χ1n) is 10.4. The van der Waals surface area contributed by atoms with E-state index in [0.29, 0.717) is 13.0 Å². The second-order valence-electron chi connectivity index (χ2n) is 6.94. The molecule has 0 aromatic rings. The molecule has 0 aliphatic heterocycles. The molecule has 0 amide bonds. The highest BCUT2D eigenvalue weighted by Crippen LogP contribution is 2.23. The third kappa shape index (κ3) is 21.9. The van der Waals surface area contributed by atoms with Gasteiger partial charge in [-0.15, -0.1) is 0 Å². The normalized spacial score (nSPS) is 11.5. The number of nitrogens with zero attached hydrogens (tertiary/aromatic N) is 1. The standard InChI is InChI=1S/C21H41NO2S2/c1-4-5-6-7-8-9-10-11-14-19-25-26-20-15-16-21(23)24-18-13-12-17-22(2)3/h10-11H,4-9,12-20H2,1-3H3/b11-10-. The van der Waals surface area contributed by atoms with E-state index in [1.54, 1.807) is 0 Å². The molecule has 3 nitrogen and oxygen atoms in total. The molecule has 0 aromatic heterocycles. The van der Waals surface area contributed by atoms with Crippen LogP contribution >= 0.6 is 21.6 Å². The molecule has 26 heavy (non-hydrogen) atoms. The van der Waals surface area contributed by atoms with E-state index in [1.165, 1.54) is 38.5 Å². The molecule has 0 saturated heterocycles. The predicted molar refractivity (Wildman–Crippen MR) is 120 cm³/mol. The second-order valence-corrected chi connectivity index (χ2v) is 9.64. The van der Waals surface area contributed by atoms with Gasteiger partial charge in [0.15, 0.2) is 0 Å². The smallest absolute Gasteiger partial charge is 0.305 e. The van der Waals surface area contributed by atoms with Crippen LogP contribution in [0.5, 0.6) is 0 Å². The third-order valence-corrected chi connectivity index (χ3v) is 6.49. The Labute approximate surface area is 170 Å². The van der Waals surface area contributed by atoms with Crippen molar-refractivity contribution >= 4 is 27.6 Å². The number of unbranched alkanes of at least 4 members (excludes halogenated alkanes) is 6. The van der Waals surface area contributed by atoms with Gasteiger partial charge in [-0.2, -0.15) is 0 Å². The molecular weight excluding hydrogens is 362 g/mol. The molecule has 154 valence electrons. The summed E-state index contributed by atoms with van der Waals surface area (Å²) in [5.74, 6) is 2.15. The van der Waals surface area contributed by atoms with Gasteiger partial charge in [-0.3, -0.25) is 4.79 Å². The molecule has 0 aromatic carbocycles. The van der Waals surface area contributed by atoms with Crippen molar-refractivity contribution in [2.75, 3.05) is 38.8 Å². The number of ether oxygens (including phenoxy) is 1. The summed E-state index contributed by atoms with van der Waals surface area (Å²) in [5, 5.41) is 0. The van der Waals surface area contributed by atoms with Gasteiger partial charge in [0, 0.05) is 17.9 Å². The van der Waals surface area contributed by atoms with Crippen molar-refractivity contribution < 1.29 is 9.53 Å². The van der Waals surface area contributed by atoms with E-state index >= 15 is 0 Å². The topological polar surface area (TPSA) is 29.5 Å². The monoisotopic (exact) mass is 403 g/mol. The zero-order valence-corrected chi connectivity index (χ0v) is 19.0. The molecule has 0 rings (SSSR count). The molecule has 0 N–H and O–H groups in total. The molecule has 0 radical (unpaired) electrons. The highest BCUT2D eigenvalue weighted by molar-refractivity contribution is 8.76. The Morgan fingerprint density at radius 2 is 1.62 bits per heavy atom. The maximum Gasteiger partial charge on any atom is 0.305 e. The Morgan fingerprint density at radius 1 is 0.885 bits per heavy atom. The Balaban J connectivity index is 3.21. The summed E-state index contributed by atoms with van der Waals surface area (Å²) in [6.07, 6.45) is 17.4. The van der Waals surface area contributed by atoms with Gasteiger partial charge in [0.05, 0.1) is 6.61 Å². The molecule has 0 atom stereocenters. The van der Waals surface area contributed by atoms with E-state index in [-0.39, 0.29) is 5.97 Å². The molecule has 0 aliphatic rings. The molecule has 0 spiro atoms. The van der Waals surface area contributed by atoms with Crippen LogP contribution in [0.2, 0.25) is 0 Å². The van der Waals surface area contributed by atoms with Crippen LogP contribution in [0.15, 0.2) is 12.2 Å². The highest BCUT2D eigenvalue weighted by atomic mass is 33.1. The summed E-state index contributed by atoms with van der Waals surface area (Å²) in [6, 6.07) is 0. The van der Waals surface area contributed by atoms with Gasteiger partial charge >= 0.3 is 5.97 Å². The summed E-state index contributed by atoms with van der Waals surface area (Å²) in [7, 11) is 7.92. The van der Waals surface area contributed by atoms with E-state index < -0.39 is 0 Å². The summed E-state index contributed by atoms with van der Waals surface area (Å²) in [4.78, 5) is 13.8. The fourth-order valence-corrected chi connectivity index (χ4v) is 4.48. The lowest BCUT2D eigenvalue weighted by Gasteiger charge is -2.09. The van der Waals surface area contributed by atoms with Gasteiger partial charge in [-0.25, -0.2) is 0 Å². The molecule has 5 heteroatoms. The first-order chi connectivity index (χ1) is 12.7. The van der Waals surface area contributed by atoms with Crippen LogP contribution in [-0.2, 0) is 9.53 Å². The minimum absolute atomic E-state index is 0.0395. The maximum absolute atomic E-state index is 11.6. The van der Waals surface area contributed by atoms with Crippen LogP contribution in [0.25, 0.3) is 0 Å². The van der Waals surface area contributed by atoms with Gasteiger partial charge in [-0.05, 0) is 59.2 Å². The van der Waals surface area contributed by atoms with E-state index in [4.69, 9.17) is 4.74 Å². The molecule has 0 saturated carbocycles. The molecule has 0 bridgehead atoms. The highest BCUT2D eigenvalue weighted by Gasteiger charge is 2.02. The molecule has 0 aliphatic carbocycles. The zero-order chi connectivity index (χ0) is 19.3. The van der Waals surface area contributed by atoms with Crippen LogP contribution < -0.4 is 0 Å². The second kappa shape index (κ2) is 21.2. The number of carbonyl (C=O) groups excluding carboxylic acids is 1. The van der Waals surface area contributed by atoms with Crippen molar-refractivity contribution in [2.24, 2.45) is 0 Å². The predicted octanol–water partition coefficient (Wildman–Crippen LogP) is 6.34. The van der Waals surface area contributed by atoms with E-state index in [2.05, 4.69) is 38.1 Å². The van der Waals surface area contributed by atoms with Gasteiger partial charge in [0.1, 0.15) is 0 Å². The summed E-state index contributed by atoms with van der Waals surface area (Å²) < 4.78 is 5.25. The Kier molecular flexibility index (Phi) is 21.1. The lowest BCUT2D eigenvalue weighted by molar-refractivity contribution is -0.143. The number of carbonyl (C=O) groups is 1. The van der Waals surface area contributed by atoms with Crippen LogP contribution in [0.1, 0.15) is 77.6 Å². The van der Waals surface area contributed by atoms with Crippen LogP contribution in [0.3, 0.4) is 0 Å². The molecule has 0 fully saturated rings. The van der Waals surface area contributed by atoms with Gasteiger partial charge in [-0.1, -0.05) is 66.3 Å². The first-order valence-corrected chi connectivity index (χ1v) is 12.9. The summed E-state index contributed by atoms with van der Waals surface area (Å²) in [5.41, 5.74) is 0. The maximum atomic E-state index is 11.6. The Hall–Kier alpha value is -0.130. The number of hydrogen-bond acceptors (Lipinski definition) is 5. The number of esters is 1. The first kappa shape index (κ1) is 25.9. The zero-order valence-electron chi connectivity index (χ0n) is 17.3. The summed E-state index contributed by atoms with van der Waals surface area (Å²) >= 11 is 0. The van der Waals surface area contributed by atoms with Crippen molar-refractivity contribution in [2.45, 2.75) is 77.6 Å². The average Bonchev–Trinajstić information content (AvgIpc) is 2.61. The largest absolute Gasteiger partial charge is 0.466 e. The van der Waals surface area contributed by atoms with Crippen molar-refractivity contribution in [1.82, 2.24) is 4.90 Å². The van der Waals surface area contributed by atoms with Gasteiger partial charge in [0.2, 0.25) is 0 Å². The summed E-state index contributed by atoms with van der Waals surface area (Å²) in [6.45, 7) is 3.88. The number of rotatable bonds is 19. The van der Waals surface area contributed by atoms with E-state index in [0.717, 1.165) is 43.7 Å². The molecular formula is C21H41NO2S2. The van der Waals surface area contributed by atoms with Crippen LogP contribution in [0, 0.1) is 0 Å². The van der Waals surface area contributed by atoms with Crippen LogP contribution in [0.4, 0.5) is 0 Å². The lowest BCUT2D eigenvalue weighted by Crippen LogP contribution is -2.14. The van der Waals surface area contributed by atoms with Gasteiger partial charge in [0.25, 0.3) is 0 Å². The Bertz CT molecular complexity index is 336. The lowest BCUT2D eigenvalue weighted by atomic mass is 10.1.